The zero-order chi connectivity index (χ0) is 11.5. The van der Waals surface area contributed by atoms with E-state index in [9.17, 15) is 13.2 Å². The average molecular weight is 239 g/mol. The summed E-state index contributed by atoms with van der Waals surface area (Å²) in [5, 5.41) is 1.72. The van der Waals surface area contributed by atoms with Crippen molar-refractivity contribution >= 4 is 11.3 Å². The summed E-state index contributed by atoms with van der Waals surface area (Å²) in [5.41, 5.74) is 5.63. The van der Waals surface area contributed by atoms with Gasteiger partial charge in [-0.25, -0.2) is 0 Å². The monoisotopic (exact) mass is 239 g/mol. The van der Waals surface area contributed by atoms with Crippen LogP contribution in [-0.2, 0) is 0 Å². The molecule has 15 heavy (non-hydrogen) atoms. The maximum absolute atomic E-state index is 11.9. The van der Waals surface area contributed by atoms with Gasteiger partial charge in [0.15, 0.2) is 0 Å². The molecule has 1 aromatic rings. The van der Waals surface area contributed by atoms with Crippen molar-refractivity contribution in [3.8, 4) is 5.75 Å². The first-order chi connectivity index (χ1) is 6.92. The second kappa shape index (κ2) is 4.85. The highest BCUT2D eigenvalue weighted by Crippen LogP contribution is 2.31. The van der Waals surface area contributed by atoms with E-state index < -0.39 is 18.6 Å². The zero-order valence-corrected chi connectivity index (χ0v) is 8.99. The molecular formula is C9H12F3NOS. The number of halogens is 3. The normalized spacial score (nSPS) is 13.9. The summed E-state index contributed by atoms with van der Waals surface area (Å²) < 4.78 is 40.7. The molecule has 6 heteroatoms. The van der Waals surface area contributed by atoms with Gasteiger partial charge in [-0.3, -0.25) is 0 Å². The standard InChI is InChI=1S/C9H12F3NOS/c1-14-6-4-8(15-5-6)7(13)2-3-9(10,11)12/h4-5,7H,2-3,13H2,1H3. The van der Waals surface area contributed by atoms with Crippen molar-refractivity contribution in [1.29, 1.82) is 0 Å². The molecule has 2 nitrogen and oxygen atoms in total. The third-order valence-corrected chi connectivity index (χ3v) is 2.98. The molecule has 0 bridgehead atoms. The van der Waals surface area contributed by atoms with Crippen LogP contribution in [0.3, 0.4) is 0 Å². The van der Waals surface area contributed by atoms with Crippen LogP contribution in [0.1, 0.15) is 23.8 Å². The Bertz CT molecular complexity index is 311. The van der Waals surface area contributed by atoms with Crippen molar-refractivity contribution in [2.75, 3.05) is 7.11 Å². The molecule has 0 aliphatic carbocycles. The van der Waals surface area contributed by atoms with E-state index in [0.717, 1.165) is 4.88 Å². The van der Waals surface area contributed by atoms with Crippen LogP contribution in [-0.4, -0.2) is 13.3 Å². The van der Waals surface area contributed by atoms with Crippen LogP contribution >= 0.6 is 11.3 Å². The Balaban J connectivity index is 2.50. The van der Waals surface area contributed by atoms with Crippen LogP contribution in [0.5, 0.6) is 5.75 Å². The van der Waals surface area contributed by atoms with Gasteiger partial charge in [0.25, 0.3) is 0 Å². The highest BCUT2D eigenvalue weighted by atomic mass is 32.1. The number of alkyl halides is 3. The van der Waals surface area contributed by atoms with Gasteiger partial charge in [-0.15, -0.1) is 11.3 Å². The molecule has 0 aliphatic rings. The molecule has 1 rings (SSSR count). The topological polar surface area (TPSA) is 35.2 Å². The molecule has 2 N–H and O–H groups in total. The predicted octanol–water partition coefficient (Wildman–Crippen LogP) is 3.10. The first kappa shape index (κ1) is 12.3. The van der Waals surface area contributed by atoms with Gasteiger partial charge >= 0.3 is 6.18 Å². The number of hydrogen-bond donors (Lipinski definition) is 1. The highest BCUT2D eigenvalue weighted by molar-refractivity contribution is 7.10. The van der Waals surface area contributed by atoms with E-state index in [1.807, 2.05) is 0 Å². The van der Waals surface area contributed by atoms with Gasteiger partial charge in [-0.1, -0.05) is 0 Å². The Kier molecular flexibility index (Phi) is 3.98. The first-order valence-electron chi connectivity index (χ1n) is 4.37. The third-order valence-electron chi connectivity index (χ3n) is 1.94. The molecule has 0 saturated carbocycles. The van der Waals surface area contributed by atoms with Crippen molar-refractivity contribution in [3.63, 3.8) is 0 Å². The van der Waals surface area contributed by atoms with Gasteiger partial charge in [0.1, 0.15) is 5.75 Å². The number of thiophene rings is 1. The molecule has 0 radical (unpaired) electrons. The number of ether oxygens (including phenoxy) is 1. The average Bonchev–Trinajstić information content (AvgIpc) is 2.61. The van der Waals surface area contributed by atoms with Crippen LogP contribution in [0.15, 0.2) is 11.4 Å². The molecule has 86 valence electrons. The molecule has 0 amide bonds. The van der Waals surface area contributed by atoms with Crippen LogP contribution in [0, 0.1) is 0 Å². The molecule has 1 unspecified atom stereocenters. The van der Waals surface area contributed by atoms with Crippen LogP contribution in [0.2, 0.25) is 0 Å². The van der Waals surface area contributed by atoms with Gasteiger partial charge in [0, 0.05) is 22.7 Å². The second-order valence-electron chi connectivity index (χ2n) is 3.15. The van der Waals surface area contributed by atoms with E-state index in [2.05, 4.69) is 0 Å². The fourth-order valence-electron chi connectivity index (χ4n) is 1.10. The Morgan fingerprint density at radius 1 is 1.53 bits per heavy atom. The maximum atomic E-state index is 11.9. The van der Waals surface area contributed by atoms with Gasteiger partial charge in [-0.05, 0) is 12.5 Å². The van der Waals surface area contributed by atoms with E-state index in [1.54, 1.807) is 11.4 Å². The van der Waals surface area contributed by atoms with Crippen molar-refractivity contribution in [1.82, 2.24) is 0 Å². The lowest BCUT2D eigenvalue weighted by Gasteiger charge is -2.11. The SMILES string of the molecule is COc1csc(C(N)CCC(F)(F)F)c1. The van der Waals surface area contributed by atoms with Crippen molar-refractivity contribution in [2.45, 2.75) is 25.1 Å². The van der Waals surface area contributed by atoms with Gasteiger partial charge in [0.05, 0.1) is 7.11 Å². The van der Waals surface area contributed by atoms with Crippen LogP contribution < -0.4 is 10.5 Å². The zero-order valence-electron chi connectivity index (χ0n) is 8.17. The van der Waals surface area contributed by atoms with E-state index in [1.165, 1.54) is 18.4 Å². The maximum Gasteiger partial charge on any atom is 0.389 e. The minimum atomic E-state index is -4.14. The van der Waals surface area contributed by atoms with E-state index >= 15 is 0 Å². The fraction of sp³-hybridized carbons (Fsp3) is 0.556. The third kappa shape index (κ3) is 4.09. The van der Waals surface area contributed by atoms with Gasteiger partial charge in [-0.2, -0.15) is 13.2 Å². The summed E-state index contributed by atoms with van der Waals surface area (Å²) in [4.78, 5) is 0.719. The lowest BCUT2D eigenvalue weighted by Crippen LogP contribution is -2.14. The van der Waals surface area contributed by atoms with Crippen LogP contribution in [0.4, 0.5) is 13.2 Å². The largest absolute Gasteiger partial charge is 0.496 e. The predicted molar refractivity (Wildman–Crippen MR) is 53.1 cm³/mol. The first-order valence-corrected chi connectivity index (χ1v) is 5.25. The molecule has 1 atom stereocenters. The summed E-state index contributed by atoms with van der Waals surface area (Å²) >= 11 is 1.32. The second-order valence-corrected chi connectivity index (χ2v) is 4.09. The molecule has 0 aromatic carbocycles. The Hall–Kier alpha value is -0.750. The molecule has 1 heterocycles. The summed E-state index contributed by atoms with van der Waals surface area (Å²) in [6.45, 7) is 0. The summed E-state index contributed by atoms with van der Waals surface area (Å²) in [6, 6.07) is 1.10. The molecule has 1 aromatic heterocycles. The highest BCUT2D eigenvalue weighted by Gasteiger charge is 2.28. The lowest BCUT2D eigenvalue weighted by atomic mass is 10.1. The minimum absolute atomic E-state index is 0.0901. The van der Waals surface area contributed by atoms with Gasteiger partial charge in [0.2, 0.25) is 0 Å². The van der Waals surface area contributed by atoms with Crippen molar-refractivity contribution in [3.05, 3.63) is 16.3 Å². The molecule has 0 aliphatic heterocycles. The summed E-state index contributed by atoms with van der Waals surface area (Å²) in [6.07, 6.45) is -5.08. The van der Waals surface area contributed by atoms with E-state index in [0.29, 0.717) is 5.75 Å². The number of hydrogen-bond acceptors (Lipinski definition) is 3. The molecule has 0 saturated heterocycles. The molecule has 0 fully saturated rings. The van der Waals surface area contributed by atoms with Crippen molar-refractivity contribution in [2.24, 2.45) is 5.73 Å². The Morgan fingerprint density at radius 3 is 2.67 bits per heavy atom. The van der Waals surface area contributed by atoms with Crippen molar-refractivity contribution < 1.29 is 17.9 Å². The Labute approximate surface area is 89.8 Å². The van der Waals surface area contributed by atoms with Crippen LogP contribution in [0.25, 0.3) is 0 Å². The lowest BCUT2D eigenvalue weighted by molar-refractivity contribution is -0.136. The number of methoxy groups -OCH3 is 1. The summed E-state index contributed by atoms with van der Waals surface area (Å²) in [5.74, 6) is 0.637. The Morgan fingerprint density at radius 2 is 2.20 bits per heavy atom. The number of nitrogens with two attached hydrogens (primary N) is 1. The molecule has 0 spiro atoms. The minimum Gasteiger partial charge on any atom is -0.496 e. The summed E-state index contributed by atoms with van der Waals surface area (Å²) in [7, 11) is 1.51. The van der Waals surface area contributed by atoms with Gasteiger partial charge < -0.3 is 10.5 Å². The quantitative estimate of drug-likeness (QED) is 0.876. The smallest absolute Gasteiger partial charge is 0.389 e. The molecular weight excluding hydrogens is 227 g/mol. The fourth-order valence-corrected chi connectivity index (χ4v) is 1.99. The van der Waals surface area contributed by atoms with E-state index in [-0.39, 0.29) is 6.42 Å². The van der Waals surface area contributed by atoms with E-state index in [4.69, 9.17) is 10.5 Å². The number of rotatable bonds is 4.